The van der Waals surface area contributed by atoms with Crippen LogP contribution in [0.1, 0.15) is 13.8 Å². The molecule has 5 heteroatoms. The molecule has 18 heavy (non-hydrogen) atoms. The number of hydrogen-bond donors (Lipinski definition) is 0. The monoisotopic (exact) mass is 268 g/mol. The van der Waals surface area contributed by atoms with E-state index in [1.165, 1.54) is 5.82 Å². The SMILES string of the molecule is CCOC(=O)C=CP(=O)(OCC)c1ccccc1. The summed E-state index contributed by atoms with van der Waals surface area (Å²) in [6, 6.07) is 8.81. The lowest BCUT2D eigenvalue weighted by Crippen LogP contribution is -2.06. The first-order chi connectivity index (χ1) is 8.62. The Balaban J connectivity index is 2.95. The van der Waals surface area contributed by atoms with E-state index in [0.717, 1.165) is 6.08 Å². The standard InChI is InChI=1S/C13H17O4P/c1-3-16-13(14)10-11-18(15,17-4-2)12-8-6-5-7-9-12/h5-11H,3-4H2,1-2H3. The highest BCUT2D eigenvalue weighted by Crippen LogP contribution is 2.47. The van der Waals surface area contributed by atoms with Crippen LogP contribution in [0.25, 0.3) is 0 Å². The van der Waals surface area contributed by atoms with Crippen molar-refractivity contribution in [1.82, 2.24) is 0 Å². The summed E-state index contributed by atoms with van der Waals surface area (Å²) in [6.07, 6.45) is 1.16. The van der Waals surface area contributed by atoms with Crippen LogP contribution in [0.5, 0.6) is 0 Å². The van der Waals surface area contributed by atoms with E-state index < -0.39 is 13.3 Å². The molecule has 0 saturated carbocycles. The maximum Gasteiger partial charge on any atom is 0.330 e. The Morgan fingerprint density at radius 3 is 2.44 bits per heavy atom. The molecule has 1 aromatic carbocycles. The van der Waals surface area contributed by atoms with Crippen molar-refractivity contribution in [1.29, 1.82) is 0 Å². The van der Waals surface area contributed by atoms with Gasteiger partial charge in [-0.05, 0) is 26.0 Å². The van der Waals surface area contributed by atoms with Gasteiger partial charge in [-0.15, -0.1) is 0 Å². The number of hydrogen-bond acceptors (Lipinski definition) is 4. The van der Waals surface area contributed by atoms with Gasteiger partial charge < -0.3 is 9.26 Å². The number of esters is 1. The first-order valence-electron chi connectivity index (χ1n) is 5.78. The van der Waals surface area contributed by atoms with Crippen LogP contribution in [0, 0.1) is 0 Å². The lowest BCUT2D eigenvalue weighted by molar-refractivity contribution is -0.137. The summed E-state index contributed by atoms with van der Waals surface area (Å²) in [5.74, 6) is 0.775. The molecule has 0 heterocycles. The summed E-state index contributed by atoms with van der Waals surface area (Å²) in [6.45, 7) is 4.06. The van der Waals surface area contributed by atoms with Crippen LogP contribution in [0.15, 0.2) is 42.2 Å². The molecule has 0 bridgehead atoms. The van der Waals surface area contributed by atoms with E-state index in [-0.39, 0.29) is 6.61 Å². The molecule has 1 rings (SSSR count). The largest absolute Gasteiger partial charge is 0.463 e. The van der Waals surface area contributed by atoms with Crippen LogP contribution in [0.3, 0.4) is 0 Å². The quantitative estimate of drug-likeness (QED) is 0.452. The van der Waals surface area contributed by atoms with Crippen LogP contribution in [-0.2, 0) is 18.6 Å². The molecule has 98 valence electrons. The topological polar surface area (TPSA) is 52.6 Å². The van der Waals surface area contributed by atoms with Crippen molar-refractivity contribution in [3.8, 4) is 0 Å². The zero-order valence-corrected chi connectivity index (χ0v) is 11.4. The van der Waals surface area contributed by atoms with Crippen molar-refractivity contribution < 1.29 is 18.6 Å². The predicted molar refractivity (Wildman–Crippen MR) is 71.1 cm³/mol. The van der Waals surface area contributed by atoms with Crippen LogP contribution in [0.2, 0.25) is 0 Å². The minimum Gasteiger partial charge on any atom is -0.463 e. The number of benzene rings is 1. The minimum atomic E-state index is -3.13. The molecule has 0 fully saturated rings. The summed E-state index contributed by atoms with van der Waals surface area (Å²) in [4.78, 5) is 11.2. The molecule has 0 amide bonds. The van der Waals surface area contributed by atoms with Gasteiger partial charge in [0.2, 0.25) is 0 Å². The molecule has 0 aliphatic carbocycles. The third-order valence-electron chi connectivity index (χ3n) is 2.13. The van der Waals surface area contributed by atoms with Crippen molar-refractivity contribution in [3.63, 3.8) is 0 Å². The molecular weight excluding hydrogens is 251 g/mol. The normalized spacial score (nSPS) is 14.3. The Hall–Kier alpha value is -1.38. The maximum absolute atomic E-state index is 12.6. The highest BCUT2D eigenvalue weighted by atomic mass is 31.2. The molecule has 0 spiro atoms. The summed E-state index contributed by atoms with van der Waals surface area (Å²) in [5, 5.41) is 0.562. The summed E-state index contributed by atoms with van der Waals surface area (Å²) in [5.41, 5.74) is 0. The molecular formula is C13H17O4P. The van der Waals surface area contributed by atoms with E-state index in [1.54, 1.807) is 38.1 Å². The number of carbonyl (C=O) groups is 1. The summed E-state index contributed by atoms with van der Waals surface area (Å²) < 4.78 is 22.7. The average molecular weight is 268 g/mol. The van der Waals surface area contributed by atoms with Gasteiger partial charge in [-0.1, -0.05) is 18.2 Å². The highest BCUT2D eigenvalue weighted by molar-refractivity contribution is 7.70. The Labute approximate surface area is 107 Å². The van der Waals surface area contributed by atoms with E-state index in [4.69, 9.17) is 9.26 Å². The van der Waals surface area contributed by atoms with E-state index >= 15 is 0 Å². The molecule has 1 aromatic rings. The Bertz CT molecular complexity index is 453. The number of ether oxygens (including phenoxy) is 1. The van der Waals surface area contributed by atoms with Gasteiger partial charge in [-0.2, -0.15) is 0 Å². The first-order valence-corrected chi connectivity index (χ1v) is 7.47. The molecule has 0 radical (unpaired) electrons. The van der Waals surface area contributed by atoms with Crippen molar-refractivity contribution >= 4 is 18.6 Å². The number of rotatable bonds is 6. The molecule has 0 aromatic heterocycles. The van der Waals surface area contributed by atoms with Gasteiger partial charge in [-0.3, -0.25) is 4.57 Å². The zero-order valence-electron chi connectivity index (χ0n) is 10.5. The smallest absolute Gasteiger partial charge is 0.330 e. The van der Waals surface area contributed by atoms with E-state index in [0.29, 0.717) is 11.9 Å². The second-order valence-corrected chi connectivity index (χ2v) is 5.68. The Morgan fingerprint density at radius 1 is 1.22 bits per heavy atom. The summed E-state index contributed by atoms with van der Waals surface area (Å²) in [7, 11) is -3.13. The Kier molecular flexibility index (Phi) is 5.83. The lowest BCUT2D eigenvalue weighted by Gasteiger charge is -2.13. The molecule has 0 saturated heterocycles. The third-order valence-corrected chi connectivity index (χ3v) is 4.33. The summed E-state index contributed by atoms with van der Waals surface area (Å²) >= 11 is 0. The molecule has 1 unspecified atom stereocenters. The first kappa shape index (κ1) is 14.7. The van der Waals surface area contributed by atoms with Crippen LogP contribution < -0.4 is 5.30 Å². The fourth-order valence-corrected chi connectivity index (χ4v) is 3.08. The van der Waals surface area contributed by atoms with Gasteiger partial charge in [0.05, 0.1) is 13.2 Å². The molecule has 0 aliphatic heterocycles. The minimum absolute atomic E-state index is 0.285. The molecule has 0 aliphatic rings. The van der Waals surface area contributed by atoms with Crippen LogP contribution in [-0.4, -0.2) is 19.2 Å². The van der Waals surface area contributed by atoms with Gasteiger partial charge in [0, 0.05) is 17.2 Å². The zero-order chi connectivity index (χ0) is 13.4. The average Bonchev–Trinajstić information content (AvgIpc) is 2.38. The second kappa shape index (κ2) is 7.14. The molecule has 1 atom stereocenters. The van der Waals surface area contributed by atoms with Gasteiger partial charge in [0.15, 0.2) is 0 Å². The van der Waals surface area contributed by atoms with Gasteiger partial charge in [0.1, 0.15) is 0 Å². The van der Waals surface area contributed by atoms with Gasteiger partial charge >= 0.3 is 5.97 Å². The fraction of sp³-hybridized carbons (Fsp3) is 0.308. The second-order valence-electron chi connectivity index (χ2n) is 3.42. The fourth-order valence-electron chi connectivity index (χ4n) is 1.38. The molecule has 0 N–H and O–H groups in total. The van der Waals surface area contributed by atoms with Gasteiger partial charge in [-0.25, -0.2) is 4.79 Å². The van der Waals surface area contributed by atoms with Crippen molar-refractivity contribution in [3.05, 3.63) is 42.2 Å². The van der Waals surface area contributed by atoms with E-state index in [9.17, 15) is 9.36 Å². The van der Waals surface area contributed by atoms with Gasteiger partial charge in [0.25, 0.3) is 7.37 Å². The molecule has 4 nitrogen and oxygen atoms in total. The van der Waals surface area contributed by atoms with Crippen molar-refractivity contribution in [2.24, 2.45) is 0 Å². The van der Waals surface area contributed by atoms with E-state index in [2.05, 4.69) is 0 Å². The van der Waals surface area contributed by atoms with Crippen LogP contribution in [0.4, 0.5) is 0 Å². The van der Waals surface area contributed by atoms with Crippen molar-refractivity contribution in [2.75, 3.05) is 13.2 Å². The van der Waals surface area contributed by atoms with Crippen molar-refractivity contribution in [2.45, 2.75) is 13.8 Å². The maximum atomic E-state index is 12.6. The van der Waals surface area contributed by atoms with E-state index in [1.807, 2.05) is 6.07 Å². The predicted octanol–water partition coefficient (Wildman–Crippen LogP) is 2.70. The lowest BCUT2D eigenvalue weighted by atomic mass is 10.4. The number of carbonyl (C=O) groups excluding carboxylic acids is 1. The highest BCUT2D eigenvalue weighted by Gasteiger charge is 2.21. The van der Waals surface area contributed by atoms with Crippen LogP contribution >= 0.6 is 7.37 Å². The third kappa shape index (κ3) is 4.13. The Morgan fingerprint density at radius 2 is 1.89 bits per heavy atom.